The Morgan fingerprint density at radius 2 is 1.50 bits per heavy atom. The van der Waals surface area contributed by atoms with Gasteiger partial charge in [-0.25, -0.2) is 4.79 Å². The summed E-state index contributed by atoms with van der Waals surface area (Å²) in [5.41, 5.74) is 0.922. The van der Waals surface area contributed by atoms with Crippen molar-refractivity contribution in [2.24, 2.45) is 5.92 Å². The first-order chi connectivity index (χ1) is 22.9. The Morgan fingerprint density at radius 1 is 0.875 bits per heavy atom. The van der Waals surface area contributed by atoms with E-state index in [4.69, 9.17) is 33.2 Å². The van der Waals surface area contributed by atoms with Crippen LogP contribution in [0, 0.1) is 5.92 Å². The molecule has 268 valence electrons. The molecule has 2 fully saturated rings. The van der Waals surface area contributed by atoms with Gasteiger partial charge in [0, 0.05) is 11.5 Å². The van der Waals surface area contributed by atoms with E-state index in [2.05, 4.69) is 0 Å². The van der Waals surface area contributed by atoms with Crippen LogP contribution in [-0.2, 0) is 49.2 Å². The second-order valence-corrected chi connectivity index (χ2v) is 11.4. The second-order valence-electron chi connectivity index (χ2n) is 11.4. The number of aromatic hydroxyl groups is 1. The fourth-order valence-electron chi connectivity index (χ4n) is 5.47. The molecule has 3 aliphatic heterocycles. The zero-order chi connectivity index (χ0) is 35.1. The quantitative estimate of drug-likeness (QED) is 0.0834. The lowest BCUT2D eigenvalue weighted by Crippen LogP contribution is -2.60. The molecule has 1 unspecified atom stereocenters. The topological polar surface area (TPSA) is 261 Å². The summed E-state index contributed by atoms with van der Waals surface area (Å²) in [5, 5.41) is 80.8. The number of phenols is 1. The van der Waals surface area contributed by atoms with Crippen molar-refractivity contribution < 1.29 is 83.6 Å². The Bertz CT molecular complexity index is 1280. The number of methoxy groups -OCH3 is 1. The molecule has 8 N–H and O–H groups in total. The number of rotatable bonds is 12. The van der Waals surface area contributed by atoms with E-state index in [9.17, 15) is 50.4 Å². The Balaban J connectivity index is 1.39. The van der Waals surface area contributed by atoms with Crippen LogP contribution in [0.5, 0.6) is 5.75 Å². The van der Waals surface area contributed by atoms with Crippen LogP contribution in [0.2, 0.25) is 0 Å². The summed E-state index contributed by atoms with van der Waals surface area (Å²) in [6.07, 6.45) is -14.6. The van der Waals surface area contributed by atoms with Gasteiger partial charge in [0.1, 0.15) is 61.2 Å². The number of ether oxygens (including phenoxy) is 7. The third kappa shape index (κ3) is 8.68. The number of carbonyl (C=O) groups excluding carboxylic acids is 2. The first-order valence-electron chi connectivity index (χ1n) is 15.2. The molecule has 0 amide bonds. The van der Waals surface area contributed by atoms with Gasteiger partial charge in [-0.15, -0.1) is 0 Å². The van der Waals surface area contributed by atoms with Gasteiger partial charge in [0.15, 0.2) is 12.6 Å². The van der Waals surface area contributed by atoms with Crippen molar-refractivity contribution >= 4 is 11.9 Å². The summed E-state index contributed by atoms with van der Waals surface area (Å²) in [6.45, 7) is 0.335. The molecule has 0 saturated carbocycles. The molecular formula is C31H42O17. The van der Waals surface area contributed by atoms with E-state index in [0.29, 0.717) is 6.42 Å². The van der Waals surface area contributed by atoms with Gasteiger partial charge in [0.05, 0.1) is 38.6 Å². The van der Waals surface area contributed by atoms with Gasteiger partial charge >= 0.3 is 11.9 Å². The zero-order valence-electron chi connectivity index (χ0n) is 26.2. The Kier molecular flexibility index (Phi) is 13.3. The lowest BCUT2D eigenvalue weighted by molar-refractivity contribution is -0.327. The summed E-state index contributed by atoms with van der Waals surface area (Å²) >= 11 is 0. The summed E-state index contributed by atoms with van der Waals surface area (Å²) in [5.74, 6) is -2.69. The number of carbonyl (C=O) groups is 2. The van der Waals surface area contributed by atoms with Crippen LogP contribution >= 0.6 is 0 Å². The van der Waals surface area contributed by atoms with E-state index in [1.165, 1.54) is 18.2 Å². The highest BCUT2D eigenvalue weighted by atomic mass is 16.8. The molecule has 3 aliphatic rings. The first kappa shape index (κ1) is 37.6. The monoisotopic (exact) mass is 686 g/mol. The Morgan fingerprint density at radius 3 is 2.12 bits per heavy atom. The van der Waals surface area contributed by atoms with Gasteiger partial charge in [-0.1, -0.05) is 18.2 Å². The number of aliphatic hydroxyl groups is 7. The van der Waals surface area contributed by atoms with Crippen LogP contribution in [0.1, 0.15) is 18.9 Å². The number of hydrogen-bond acceptors (Lipinski definition) is 17. The lowest BCUT2D eigenvalue weighted by atomic mass is 9.86. The van der Waals surface area contributed by atoms with Gasteiger partial charge in [-0.3, -0.25) is 4.79 Å². The number of allylic oxidation sites excluding steroid dienone is 1. The number of benzene rings is 1. The van der Waals surface area contributed by atoms with E-state index in [1.807, 2.05) is 0 Å². The largest absolute Gasteiger partial charge is 0.508 e. The molecule has 4 rings (SSSR count). The molecule has 3 heterocycles. The minimum absolute atomic E-state index is 0.0483. The highest BCUT2D eigenvalue weighted by Gasteiger charge is 2.48. The Hall–Kier alpha value is -3.20. The molecule has 0 aliphatic carbocycles. The summed E-state index contributed by atoms with van der Waals surface area (Å²) in [7, 11) is 1.12. The summed E-state index contributed by atoms with van der Waals surface area (Å²) in [4.78, 5) is 25.7. The smallest absolute Gasteiger partial charge is 0.337 e. The minimum Gasteiger partial charge on any atom is -0.508 e. The molecule has 12 atom stereocenters. The lowest BCUT2D eigenvalue weighted by Gasteiger charge is -2.42. The fraction of sp³-hybridized carbons (Fsp3) is 0.613. The number of aliphatic hydroxyl groups excluding tert-OH is 7. The van der Waals surface area contributed by atoms with Crippen molar-refractivity contribution in [1.29, 1.82) is 0 Å². The van der Waals surface area contributed by atoms with Gasteiger partial charge in [-0.05, 0) is 31.0 Å². The van der Waals surface area contributed by atoms with Gasteiger partial charge < -0.3 is 74.0 Å². The molecule has 0 spiro atoms. The van der Waals surface area contributed by atoms with Gasteiger partial charge in [-0.2, -0.15) is 0 Å². The molecular weight excluding hydrogens is 644 g/mol. The molecule has 17 nitrogen and oxygen atoms in total. The van der Waals surface area contributed by atoms with Crippen molar-refractivity contribution in [3.8, 4) is 5.75 Å². The molecule has 48 heavy (non-hydrogen) atoms. The molecule has 0 bridgehead atoms. The molecule has 17 heteroatoms. The van der Waals surface area contributed by atoms with E-state index < -0.39 is 105 Å². The van der Waals surface area contributed by atoms with Crippen molar-refractivity contribution in [2.45, 2.75) is 87.5 Å². The average Bonchev–Trinajstić information content (AvgIpc) is 3.08. The SMILES string of the molecule is C/C=C1/[C@H](O[C@@H]2O[C@H](CO)[C@@H](O)[C@H](O)[C@H]2O)OC=C(C(=O)OC)[C@H]1CC(=O)OCC1O[C@@H](OCCc2ccc(O)cc2)[C@H](O)[C@@H](O)[C@@H]1O. The maximum Gasteiger partial charge on any atom is 0.337 e. The predicted molar refractivity (Wildman–Crippen MR) is 157 cm³/mol. The van der Waals surface area contributed by atoms with Crippen LogP contribution in [0.15, 0.2) is 47.7 Å². The van der Waals surface area contributed by atoms with E-state index >= 15 is 0 Å². The minimum atomic E-state index is -1.75. The summed E-state index contributed by atoms with van der Waals surface area (Å²) < 4.78 is 38.0. The van der Waals surface area contributed by atoms with Crippen LogP contribution in [0.4, 0.5) is 0 Å². The number of phenolic OH excluding ortho intramolecular Hbond substituents is 1. The number of esters is 2. The first-order valence-corrected chi connectivity index (χ1v) is 15.2. The fourth-order valence-corrected chi connectivity index (χ4v) is 5.47. The average molecular weight is 687 g/mol. The highest BCUT2D eigenvalue weighted by molar-refractivity contribution is 5.90. The summed E-state index contributed by atoms with van der Waals surface area (Å²) in [6, 6.07) is 6.37. The maximum atomic E-state index is 13.1. The molecule has 1 aromatic rings. The van der Waals surface area contributed by atoms with E-state index in [1.54, 1.807) is 19.1 Å². The van der Waals surface area contributed by atoms with E-state index in [0.717, 1.165) is 18.9 Å². The molecule has 1 aromatic carbocycles. The van der Waals surface area contributed by atoms with Crippen molar-refractivity contribution in [3.05, 3.63) is 53.3 Å². The van der Waals surface area contributed by atoms with Crippen LogP contribution in [0.3, 0.4) is 0 Å². The zero-order valence-corrected chi connectivity index (χ0v) is 26.2. The highest BCUT2D eigenvalue weighted by Crippen LogP contribution is 2.36. The van der Waals surface area contributed by atoms with E-state index in [-0.39, 0.29) is 23.5 Å². The molecule has 0 aromatic heterocycles. The van der Waals surface area contributed by atoms with Gasteiger partial charge in [0.2, 0.25) is 6.29 Å². The van der Waals surface area contributed by atoms with Crippen molar-refractivity contribution in [1.82, 2.24) is 0 Å². The van der Waals surface area contributed by atoms with Crippen LogP contribution < -0.4 is 0 Å². The second kappa shape index (κ2) is 17.0. The normalized spacial score (nSPS) is 36.2. The van der Waals surface area contributed by atoms with Gasteiger partial charge in [0.25, 0.3) is 0 Å². The maximum absolute atomic E-state index is 13.1. The van der Waals surface area contributed by atoms with Crippen molar-refractivity contribution in [2.75, 3.05) is 26.9 Å². The van der Waals surface area contributed by atoms with Crippen molar-refractivity contribution in [3.63, 3.8) is 0 Å². The Labute approximate surface area is 275 Å². The standard InChI is InChI=1S/C31H42O17/c1-3-16-17(18(28(41)42-2)12-45-29(16)48-31-27(40)24(37)22(35)19(11-32)46-31)10-21(34)44-13-20-23(36)25(38)26(39)30(47-20)43-9-8-14-4-6-15(33)7-5-14/h3-7,12,17,19-20,22-27,29-33,35-40H,8-11,13H2,1-2H3/b16-3+/t17-,19+,20?,22+,23+,24-,25-,26+,27+,29-,30+,31-/m0/s1. The molecule has 0 radical (unpaired) electrons. The number of hydrogen-bond donors (Lipinski definition) is 8. The van der Waals surface area contributed by atoms with Crippen LogP contribution in [0.25, 0.3) is 0 Å². The van der Waals surface area contributed by atoms with Crippen LogP contribution in [-0.4, -0.2) is 147 Å². The third-order valence-electron chi connectivity index (χ3n) is 8.29. The predicted octanol–water partition coefficient (Wildman–Crippen LogP) is -2.52. The third-order valence-corrected chi connectivity index (χ3v) is 8.29. The molecule has 2 saturated heterocycles.